The van der Waals surface area contributed by atoms with Crippen molar-refractivity contribution in [2.24, 2.45) is 4.99 Å². The van der Waals surface area contributed by atoms with Crippen molar-refractivity contribution in [1.82, 2.24) is 4.90 Å². The maximum atomic E-state index is 13.4. The van der Waals surface area contributed by atoms with Gasteiger partial charge in [0.05, 0.1) is 26.5 Å². The second kappa shape index (κ2) is 11.1. The van der Waals surface area contributed by atoms with Gasteiger partial charge < -0.3 is 14.8 Å². The van der Waals surface area contributed by atoms with Crippen LogP contribution in [0, 0.1) is 5.82 Å². The number of nitrogens with one attached hydrogen (secondary N) is 1. The van der Waals surface area contributed by atoms with E-state index < -0.39 is 5.25 Å². The number of aliphatic imine (C=N–C) groups is 1. The van der Waals surface area contributed by atoms with Crippen molar-refractivity contribution < 1.29 is 23.5 Å². The smallest absolute Gasteiger partial charge is 0.238 e. The van der Waals surface area contributed by atoms with E-state index in [0.29, 0.717) is 28.0 Å². The number of anilines is 1. The van der Waals surface area contributed by atoms with E-state index >= 15 is 0 Å². The molecule has 0 radical (unpaired) electrons. The molecule has 9 heteroatoms. The van der Waals surface area contributed by atoms with Crippen LogP contribution >= 0.6 is 11.8 Å². The summed E-state index contributed by atoms with van der Waals surface area (Å²) in [5, 5.41) is 2.54. The highest BCUT2D eigenvalue weighted by molar-refractivity contribution is 8.15. The van der Waals surface area contributed by atoms with Gasteiger partial charge in [-0.15, -0.1) is 0 Å². The lowest BCUT2D eigenvalue weighted by Crippen LogP contribution is -2.44. The van der Waals surface area contributed by atoms with Crippen molar-refractivity contribution in [3.8, 4) is 11.5 Å². The van der Waals surface area contributed by atoms with Crippen LogP contribution in [-0.4, -0.2) is 41.4 Å². The summed E-state index contributed by atoms with van der Waals surface area (Å²) in [6.07, 6.45) is 0.0130. The molecule has 1 N–H and O–H groups in total. The van der Waals surface area contributed by atoms with Crippen molar-refractivity contribution >= 4 is 40.1 Å². The Balaban J connectivity index is 1.61. The molecule has 0 bridgehead atoms. The number of carbonyl (C=O) groups excluding carboxylic acids is 2. The van der Waals surface area contributed by atoms with Gasteiger partial charge in [-0.3, -0.25) is 14.5 Å². The molecule has 3 aromatic carbocycles. The van der Waals surface area contributed by atoms with Crippen LogP contribution < -0.4 is 14.8 Å². The van der Waals surface area contributed by atoms with Gasteiger partial charge in [-0.1, -0.05) is 36.0 Å². The van der Waals surface area contributed by atoms with E-state index in [4.69, 9.17) is 9.47 Å². The first kappa shape index (κ1) is 24.3. The lowest BCUT2D eigenvalue weighted by molar-refractivity contribution is -0.129. The minimum Gasteiger partial charge on any atom is -0.493 e. The zero-order chi connectivity index (χ0) is 24.8. The second-order valence-electron chi connectivity index (χ2n) is 7.71. The van der Waals surface area contributed by atoms with Crippen molar-refractivity contribution in [3.05, 3.63) is 84.2 Å². The minimum absolute atomic E-state index is 0.0130. The minimum atomic E-state index is -0.663. The summed E-state index contributed by atoms with van der Waals surface area (Å²) in [5.41, 5.74) is 1.93. The number of para-hydroxylation sites is 1. The first-order valence-corrected chi connectivity index (χ1v) is 11.7. The highest BCUT2D eigenvalue weighted by atomic mass is 32.2. The molecule has 1 aliphatic rings. The molecule has 35 heavy (non-hydrogen) atoms. The van der Waals surface area contributed by atoms with E-state index in [1.165, 1.54) is 40.9 Å². The number of hydrogen-bond donors (Lipinski definition) is 1. The molecule has 0 aromatic heterocycles. The Morgan fingerprint density at radius 3 is 2.46 bits per heavy atom. The Hall–Kier alpha value is -3.85. The Morgan fingerprint density at radius 2 is 1.77 bits per heavy atom. The van der Waals surface area contributed by atoms with Gasteiger partial charge in [0.15, 0.2) is 16.7 Å². The number of hydrogen-bond acceptors (Lipinski definition) is 6. The van der Waals surface area contributed by atoms with Crippen LogP contribution in [0.25, 0.3) is 0 Å². The summed E-state index contributed by atoms with van der Waals surface area (Å²) < 4.78 is 24.1. The predicted molar refractivity (Wildman–Crippen MR) is 135 cm³/mol. The van der Waals surface area contributed by atoms with Gasteiger partial charge in [0.1, 0.15) is 11.1 Å². The molecule has 4 rings (SSSR count). The van der Waals surface area contributed by atoms with Gasteiger partial charge in [0.25, 0.3) is 0 Å². The largest absolute Gasteiger partial charge is 0.493 e. The summed E-state index contributed by atoms with van der Waals surface area (Å²) in [4.78, 5) is 32.3. The highest BCUT2D eigenvalue weighted by Crippen LogP contribution is 2.33. The molecule has 2 amide bonds. The standard InChI is InChI=1S/C26H24FN3O4S/c1-33-21-13-8-17(14-22(21)34-2)16-30-24(31)15-23(25(32)28-19-6-4-3-5-7-19)35-26(30)29-20-11-9-18(27)10-12-20/h3-14,23H,15-16H2,1-2H3,(H,28,32). The topological polar surface area (TPSA) is 80.2 Å². The SMILES string of the molecule is COc1ccc(CN2C(=O)CC(C(=O)Nc3ccccc3)SC2=Nc2ccc(F)cc2)cc1OC. The molecule has 180 valence electrons. The van der Waals surface area contributed by atoms with Crippen molar-refractivity contribution in [2.75, 3.05) is 19.5 Å². The van der Waals surface area contributed by atoms with Crippen LogP contribution in [0.1, 0.15) is 12.0 Å². The van der Waals surface area contributed by atoms with Gasteiger partial charge in [-0.25, -0.2) is 9.38 Å². The van der Waals surface area contributed by atoms with Crippen LogP contribution in [0.4, 0.5) is 15.8 Å². The molecule has 1 heterocycles. The first-order chi connectivity index (χ1) is 17.0. The Bertz CT molecular complexity index is 1240. The lowest BCUT2D eigenvalue weighted by Gasteiger charge is -2.32. The fourth-order valence-corrected chi connectivity index (χ4v) is 4.63. The third-order valence-corrected chi connectivity index (χ3v) is 6.50. The van der Waals surface area contributed by atoms with Crippen LogP contribution in [0.5, 0.6) is 11.5 Å². The number of amidine groups is 1. The van der Waals surface area contributed by atoms with Gasteiger partial charge in [-0.2, -0.15) is 0 Å². The number of rotatable bonds is 7. The van der Waals surface area contributed by atoms with Gasteiger partial charge >= 0.3 is 0 Å². The van der Waals surface area contributed by atoms with E-state index in [9.17, 15) is 14.0 Å². The number of amides is 2. The lowest BCUT2D eigenvalue weighted by atomic mass is 10.1. The summed E-state index contributed by atoms with van der Waals surface area (Å²) in [6.45, 7) is 0.221. The van der Waals surface area contributed by atoms with Crippen LogP contribution in [0.15, 0.2) is 77.8 Å². The number of thioether (sulfide) groups is 1. The number of nitrogens with zero attached hydrogens (tertiary/aromatic N) is 2. The Kier molecular flexibility index (Phi) is 7.67. The monoisotopic (exact) mass is 493 g/mol. The number of ether oxygens (including phenoxy) is 2. The molecule has 7 nitrogen and oxygen atoms in total. The van der Waals surface area contributed by atoms with E-state index in [2.05, 4.69) is 10.3 Å². The zero-order valence-electron chi connectivity index (χ0n) is 19.2. The summed E-state index contributed by atoms with van der Waals surface area (Å²) in [5.74, 6) is 0.205. The fraction of sp³-hybridized carbons (Fsp3) is 0.192. The molecule has 3 aromatic rings. The van der Waals surface area contributed by atoms with E-state index in [1.807, 2.05) is 24.3 Å². The van der Waals surface area contributed by atoms with Gasteiger partial charge in [0, 0.05) is 12.1 Å². The highest BCUT2D eigenvalue weighted by Gasteiger charge is 2.36. The van der Waals surface area contributed by atoms with Crippen LogP contribution in [-0.2, 0) is 16.1 Å². The number of benzene rings is 3. The molecule has 1 saturated heterocycles. The quantitative estimate of drug-likeness (QED) is 0.501. The second-order valence-corrected chi connectivity index (χ2v) is 8.88. The summed E-state index contributed by atoms with van der Waals surface area (Å²) in [7, 11) is 3.09. The van der Waals surface area contributed by atoms with E-state index in [-0.39, 0.29) is 30.6 Å². The average Bonchev–Trinajstić information content (AvgIpc) is 2.87. The maximum absolute atomic E-state index is 13.4. The molecular weight excluding hydrogens is 469 g/mol. The van der Waals surface area contributed by atoms with E-state index in [1.54, 1.807) is 38.5 Å². The third kappa shape index (κ3) is 5.99. The molecule has 1 atom stereocenters. The average molecular weight is 494 g/mol. The predicted octanol–water partition coefficient (Wildman–Crippen LogP) is 5.00. The van der Waals surface area contributed by atoms with Crippen molar-refractivity contribution in [1.29, 1.82) is 0 Å². The molecule has 1 fully saturated rings. The third-order valence-electron chi connectivity index (χ3n) is 5.31. The van der Waals surface area contributed by atoms with Crippen LogP contribution in [0.3, 0.4) is 0 Å². The van der Waals surface area contributed by atoms with Crippen molar-refractivity contribution in [2.45, 2.75) is 18.2 Å². The first-order valence-electron chi connectivity index (χ1n) is 10.8. The fourth-order valence-electron chi connectivity index (χ4n) is 3.53. The molecule has 1 unspecified atom stereocenters. The normalized spacial score (nSPS) is 16.8. The van der Waals surface area contributed by atoms with E-state index in [0.717, 1.165) is 5.56 Å². The number of methoxy groups -OCH3 is 2. The molecule has 0 spiro atoms. The zero-order valence-corrected chi connectivity index (χ0v) is 20.0. The molecule has 0 saturated carbocycles. The molecule has 0 aliphatic carbocycles. The van der Waals surface area contributed by atoms with Gasteiger partial charge in [0.2, 0.25) is 11.8 Å². The maximum Gasteiger partial charge on any atom is 0.238 e. The number of carbonyl (C=O) groups is 2. The Morgan fingerprint density at radius 1 is 1.06 bits per heavy atom. The Labute approximate surface area is 207 Å². The molecular formula is C26H24FN3O4S. The van der Waals surface area contributed by atoms with Crippen LogP contribution in [0.2, 0.25) is 0 Å². The van der Waals surface area contributed by atoms with Crippen molar-refractivity contribution in [3.63, 3.8) is 0 Å². The summed E-state index contributed by atoms with van der Waals surface area (Å²) >= 11 is 1.20. The summed E-state index contributed by atoms with van der Waals surface area (Å²) in [6, 6.07) is 20.1. The van der Waals surface area contributed by atoms with Gasteiger partial charge in [-0.05, 0) is 54.1 Å². The molecule has 1 aliphatic heterocycles. The number of halogens is 1.